The molecule has 0 aliphatic carbocycles. The van der Waals surface area contributed by atoms with E-state index in [0.29, 0.717) is 23.1 Å². The maximum Gasteiger partial charge on any atom is 0.206 e. The monoisotopic (exact) mass is 375 g/mol. The summed E-state index contributed by atoms with van der Waals surface area (Å²) in [6, 6.07) is 13.7. The molecule has 4 rings (SSSR count). The van der Waals surface area contributed by atoms with Crippen molar-refractivity contribution in [3.05, 3.63) is 58.1 Å². The highest BCUT2D eigenvalue weighted by atomic mass is 35.5. The molecule has 0 amide bonds. The van der Waals surface area contributed by atoms with Gasteiger partial charge in [0.1, 0.15) is 0 Å². The lowest BCUT2D eigenvalue weighted by molar-refractivity contribution is 0.153. The third-order valence-electron chi connectivity index (χ3n) is 4.66. The van der Waals surface area contributed by atoms with E-state index in [4.69, 9.17) is 28.2 Å². The smallest absolute Gasteiger partial charge is 0.206 e. The van der Waals surface area contributed by atoms with Crippen molar-refractivity contribution in [3.8, 4) is 0 Å². The Morgan fingerprint density at radius 1 is 1.16 bits per heavy atom. The van der Waals surface area contributed by atoms with E-state index in [1.54, 1.807) is 6.07 Å². The normalized spacial score (nSPS) is 18.0. The predicted molar refractivity (Wildman–Crippen MR) is 103 cm³/mol. The van der Waals surface area contributed by atoms with Gasteiger partial charge in [0.15, 0.2) is 0 Å². The average Bonchev–Trinajstić information content (AvgIpc) is 2.96. The number of β-amino-alcohol motifs (C(OH)–C–C–N with tert-alkyl or cyclic N) is 1. The lowest BCUT2D eigenvalue weighted by atomic mass is 10.1. The van der Waals surface area contributed by atoms with Crippen LogP contribution in [0.1, 0.15) is 18.4 Å². The Hall–Kier alpha value is -1.75. The van der Waals surface area contributed by atoms with Crippen LogP contribution in [0.2, 0.25) is 10.0 Å². The molecule has 2 aromatic carbocycles. The first-order valence-corrected chi connectivity index (χ1v) is 9.19. The highest BCUT2D eigenvalue weighted by molar-refractivity contribution is 6.35. The summed E-state index contributed by atoms with van der Waals surface area (Å²) in [5.41, 5.74) is 3.00. The van der Waals surface area contributed by atoms with E-state index in [-0.39, 0.29) is 6.10 Å². The number of aliphatic hydroxyl groups is 1. The first-order valence-electron chi connectivity index (χ1n) is 8.44. The molecule has 1 aliphatic rings. The van der Waals surface area contributed by atoms with Crippen LogP contribution in [0, 0.1) is 0 Å². The van der Waals surface area contributed by atoms with Crippen LogP contribution in [-0.2, 0) is 6.54 Å². The van der Waals surface area contributed by atoms with Crippen LogP contribution in [0.25, 0.3) is 11.0 Å². The summed E-state index contributed by atoms with van der Waals surface area (Å²) in [4.78, 5) is 6.99. The number of hydrogen-bond acceptors (Lipinski definition) is 3. The second-order valence-corrected chi connectivity index (χ2v) is 7.31. The quantitative estimate of drug-likeness (QED) is 0.739. The third kappa shape index (κ3) is 3.34. The zero-order valence-electron chi connectivity index (χ0n) is 13.7. The van der Waals surface area contributed by atoms with E-state index in [1.165, 1.54) is 0 Å². The van der Waals surface area contributed by atoms with Crippen molar-refractivity contribution in [2.45, 2.75) is 25.5 Å². The van der Waals surface area contributed by atoms with Crippen molar-refractivity contribution < 1.29 is 5.11 Å². The maximum absolute atomic E-state index is 10.1. The number of para-hydroxylation sites is 2. The Labute approximate surface area is 156 Å². The summed E-state index contributed by atoms with van der Waals surface area (Å²) in [5, 5.41) is 11.3. The summed E-state index contributed by atoms with van der Waals surface area (Å²) in [6.07, 6.45) is 1.51. The van der Waals surface area contributed by atoms with Gasteiger partial charge in [0.05, 0.1) is 23.7 Å². The molecular formula is C19H19Cl2N3O. The van der Waals surface area contributed by atoms with Gasteiger partial charge in [0.2, 0.25) is 5.95 Å². The Morgan fingerprint density at radius 3 is 2.80 bits per heavy atom. The van der Waals surface area contributed by atoms with Crippen LogP contribution in [-0.4, -0.2) is 33.9 Å². The molecule has 1 saturated heterocycles. The molecule has 1 aromatic heterocycles. The number of nitrogens with zero attached hydrogens (tertiary/aromatic N) is 3. The minimum atomic E-state index is -0.305. The molecule has 1 fully saturated rings. The van der Waals surface area contributed by atoms with Crippen LogP contribution < -0.4 is 4.90 Å². The van der Waals surface area contributed by atoms with E-state index < -0.39 is 0 Å². The van der Waals surface area contributed by atoms with Crippen molar-refractivity contribution in [1.82, 2.24) is 9.55 Å². The van der Waals surface area contributed by atoms with Gasteiger partial charge in [-0.25, -0.2) is 4.98 Å². The Morgan fingerprint density at radius 2 is 2.00 bits per heavy atom. The Kier molecular flexibility index (Phi) is 4.59. The van der Waals surface area contributed by atoms with E-state index >= 15 is 0 Å². The van der Waals surface area contributed by atoms with Gasteiger partial charge in [-0.3, -0.25) is 0 Å². The molecule has 0 bridgehead atoms. The number of halogens is 2. The maximum atomic E-state index is 10.1. The number of aliphatic hydroxyl groups excluding tert-OH is 1. The molecular weight excluding hydrogens is 357 g/mol. The molecule has 1 N–H and O–H groups in total. The number of rotatable bonds is 3. The molecule has 0 radical (unpaired) electrons. The van der Waals surface area contributed by atoms with Gasteiger partial charge in [-0.1, -0.05) is 41.4 Å². The second-order valence-electron chi connectivity index (χ2n) is 6.46. The van der Waals surface area contributed by atoms with Gasteiger partial charge in [-0.15, -0.1) is 0 Å². The summed E-state index contributed by atoms with van der Waals surface area (Å²) in [6.45, 7) is 2.12. The van der Waals surface area contributed by atoms with Crippen molar-refractivity contribution >= 4 is 40.2 Å². The fraction of sp³-hybridized carbons (Fsp3) is 0.316. The van der Waals surface area contributed by atoms with Crippen molar-refractivity contribution in [3.63, 3.8) is 0 Å². The van der Waals surface area contributed by atoms with Gasteiger partial charge in [0, 0.05) is 23.1 Å². The average molecular weight is 376 g/mol. The third-order valence-corrected chi connectivity index (χ3v) is 5.24. The lowest BCUT2D eigenvalue weighted by Crippen LogP contribution is -2.39. The Bertz CT molecular complexity index is 909. The van der Waals surface area contributed by atoms with Crippen LogP contribution in [0.5, 0.6) is 0 Å². The zero-order valence-corrected chi connectivity index (χ0v) is 15.2. The molecule has 1 atom stereocenters. The number of hydrogen-bond donors (Lipinski definition) is 1. The molecule has 3 aromatic rings. The van der Waals surface area contributed by atoms with Gasteiger partial charge >= 0.3 is 0 Å². The van der Waals surface area contributed by atoms with Crippen LogP contribution in [0.15, 0.2) is 42.5 Å². The number of piperidine rings is 1. The van der Waals surface area contributed by atoms with E-state index in [0.717, 1.165) is 41.9 Å². The highest BCUT2D eigenvalue weighted by Crippen LogP contribution is 2.29. The molecule has 0 spiro atoms. The van der Waals surface area contributed by atoms with Crippen molar-refractivity contribution in [2.24, 2.45) is 0 Å². The van der Waals surface area contributed by atoms with Gasteiger partial charge in [-0.2, -0.15) is 0 Å². The van der Waals surface area contributed by atoms with Crippen LogP contribution in [0.3, 0.4) is 0 Å². The van der Waals surface area contributed by atoms with E-state index in [1.807, 2.05) is 30.3 Å². The molecule has 130 valence electrons. The van der Waals surface area contributed by atoms with Gasteiger partial charge < -0.3 is 14.6 Å². The number of aromatic nitrogens is 2. The fourth-order valence-corrected chi connectivity index (χ4v) is 3.88. The van der Waals surface area contributed by atoms with Crippen LogP contribution >= 0.6 is 23.2 Å². The predicted octanol–water partition coefficient (Wildman–Crippen LogP) is 4.35. The molecule has 0 saturated carbocycles. The molecule has 4 nitrogen and oxygen atoms in total. The minimum Gasteiger partial charge on any atom is -0.391 e. The Balaban J connectivity index is 1.79. The molecule has 1 aliphatic heterocycles. The number of anilines is 1. The van der Waals surface area contributed by atoms with Crippen molar-refractivity contribution in [2.75, 3.05) is 18.0 Å². The molecule has 2 heterocycles. The summed E-state index contributed by atoms with van der Waals surface area (Å²) >= 11 is 12.4. The first-order chi connectivity index (χ1) is 12.1. The van der Waals surface area contributed by atoms with Gasteiger partial charge in [-0.05, 0) is 42.7 Å². The SMILES string of the molecule is O[C@@H]1CCCN(c2nc3ccccc3n2Cc2ccc(Cl)cc2Cl)C1. The fourth-order valence-electron chi connectivity index (χ4n) is 3.42. The highest BCUT2D eigenvalue weighted by Gasteiger charge is 2.23. The van der Waals surface area contributed by atoms with E-state index in [2.05, 4.69) is 15.5 Å². The lowest BCUT2D eigenvalue weighted by Gasteiger charge is -2.31. The number of imidazole rings is 1. The summed E-state index contributed by atoms with van der Waals surface area (Å²) < 4.78 is 2.17. The first kappa shape index (κ1) is 16.7. The molecule has 25 heavy (non-hydrogen) atoms. The van der Waals surface area contributed by atoms with Crippen molar-refractivity contribution in [1.29, 1.82) is 0 Å². The number of fused-ring (bicyclic) bond motifs is 1. The topological polar surface area (TPSA) is 41.3 Å². The van der Waals surface area contributed by atoms with Gasteiger partial charge in [0.25, 0.3) is 0 Å². The second kappa shape index (κ2) is 6.87. The summed E-state index contributed by atoms with van der Waals surface area (Å²) in [7, 11) is 0. The standard InChI is InChI=1S/C19H19Cl2N3O/c20-14-8-7-13(16(21)10-14)11-24-18-6-2-1-5-17(18)22-19(24)23-9-3-4-15(25)12-23/h1-2,5-8,10,15,25H,3-4,9,11-12H2/t15-/m1/s1. The number of benzene rings is 2. The molecule has 6 heteroatoms. The van der Waals surface area contributed by atoms with Crippen LogP contribution in [0.4, 0.5) is 5.95 Å². The zero-order chi connectivity index (χ0) is 17.4. The summed E-state index contributed by atoms with van der Waals surface area (Å²) in [5.74, 6) is 0.881. The largest absolute Gasteiger partial charge is 0.391 e. The minimum absolute atomic E-state index is 0.305. The van der Waals surface area contributed by atoms with E-state index in [9.17, 15) is 5.11 Å². The molecule has 0 unspecified atom stereocenters.